The Bertz CT molecular complexity index is 612. The summed E-state index contributed by atoms with van der Waals surface area (Å²) in [5.74, 6) is 2.64. The minimum absolute atomic E-state index is 0.547. The summed E-state index contributed by atoms with van der Waals surface area (Å²) >= 11 is 5.99. The molecule has 114 valence electrons. The van der Waals surface area contributed by atoms with Gasteiger partial charge in [0.25, 0.3) is 0 Å². The van der Waals surface area contributed by atoms with Crippen molar-refractivity contribution in [3.63, 3.8) is 0 Å². The highest BCUT2D eigenvalue weighted by molar-refractivity contribution is 6.17. The van der Waals surface area contributed by atoms with Crippen molar-refractivity contribution in [2.75, 3.05) is 5.88 Å². The van der Waals surface area contributed by atoms with Crippen LogP contribution in [0.5, 0.6) is 0 Å². The van der Waals surface area contributed by atoms with Gasteiger partial charge in [0.1, 0.15) is 11.3 Å². The summed E-state index contributed by atoms with van der Waals surface area (Å²) in [5, 5.41) is 0. The molecule has 3 rings (SSSR count). The highest BCUT2D eigenvalue weighted by Gasteiger charge is 2.25. The monoisotopic (exact) mass is 305 g/mol. The summed E-state index contributed by atoms with van der Waals surface area (Å²) in [6, 6.07) is 2.59. The van der Waals surface area contributed by atoms with Crippen LogP contribution in [0.1, 0.15) is 56.5 Å². The molecule has 2 heterocycles. The molecule has 0 saturated heterocycles. The lowest BCUT2D eigenvalue weighted by atomic mass is 9.84. The van der Waals surface area contributed by atoms with Crippen LogP contribution in [0.2, 0.25) is 0 Å². The molecular formula is C17H24ClN3. The Morgan fingerprint density at radius 1 is 1.29 bits per heavy atom. The molecule has 4 heteroatoms. The highest BCUT2D eigenvalue weighted by Crippen LogP contribution is 2.36. The minimum Gasteiger partial charge on any atom is -0.310 e. The standard InChI is InChI=1S/C17H24ClN3/c1-3-13-4-6-14(7-5-13)21-15(8-10-18)20-16-12(2)9-11-19-17(16)21/h9,11,13-14H,3-8,10H2,1-2H3. The van der Waals surface area contributed by atoms with Crippen molar-refractivity contribution >= 4 is 22.8 Å². The van der Waals surface area contributed by atoms with Crippen LogP contribution < -0.4 is 0 Å². The van der Waals surface area contributed by atoms with Crippen LogP contribution >= 0.6 is 11.6 Å². The van der Waals surface area contributed by atoms with Gasteiger partial charge in [-0.1, -0.05) is 13.3 Å². The zero-order chi connectivity index (χ0) is 14.8. The minimum atomic E-state index is 0.547. The van der Waals surface area contributed by atoms with Crippen LogP contribution in [-0.4, -0.2) is 20.4 Å². The number of aryl methyl sites for hydroxylation is 2. The van der Waals surface area contributed by atoms with Gasteiger partial charge in [0.05, 0.1) is 0 Å². The first-order valence-electron chi connectivity index (χ1n) is 8.13. The van der Waals surface area contributed by atoms with Crippen molar-refractivity contribution in [2.24, 2.45) is 5.92 Å². The second kappa shape index (κ2) is 6.35. The van der Waals surface area contributed by atoms with Crippen LogP contribution in [0.3, 0.4) is 0 Å². The molecule has 21 heavy (non-hydrogen) atoms. The van der Waals surface area contributed by atoms with Crippen LogP contribution in [-0.2, 0) is 6.42 Å². The number of hydrogen-bond donors (Lipinski definition) is 0. The predicted octanol–water partition coefficient (Wildman–Crippen LogP) is 4.66. The lowest BCUT2D eigenvalue weighted by Gasteiger charge is -2.30. The van der Waals surface area contributed by atoms with E-state index in [4.69, 9.17) is 16.6 Å². The molecule has 0 aromatic carbocycles. The average molecular weight is 306 g/mol. The predicted molar refractivity (Wildman–Crippen MR) is 88.0 cm³/mol. The van der Waals surface area contributed by atoms with Gasteiger partial charge in [-0.3, -0.25) is 0 Å². The summed E-state index contributed by atoms with van der Waals surface area (Å²) in [6.07, 6.45) is 9.18. The first-order chi connectivity index (χ1) is 10.2. The lowest BCUT2D eigenvalue weighted by molar-refractivity contribution is 0.269. The molecule has 1 fully saturated rings. The number of halogens is 1. The van der Waals surface area contributed by atoms with Gasteiger partial charge in [0, 0.05) is 24.5 Å². The van der Waals surface area contributed by atoms with E-state index in [0.717, 1.165) is 29.3 Å². The molecule has 3 nitrogen and oxygen atoms in total. The van der Waals surface area contributed by atoms with E-state index in [1.165, 1.54) is 37.7 Å². The van der Waals surface area contributed by atoms with Gasteiger partial charge >= 0.3 is 0 Å². The number of nitrogens with zero attached hydrogens (tertiary/aromatic N) is 3. The molecule has 0 spiro atoms. The van der Waals surface area contributed by atoms with E-state index in [9.17, 15) is 0 Å². The molecule has 0 aliphatic heterocycles. The summed E-state index contributed by atoms with van der Waals surface area (Å²) in [7, 11) is 0. The second-order valence-corrected chi connectivity index (χ2v) is 6.60. The van der Waals surface area contributed by atoms with Crippen LogP contribution in [0.4, 0.5) is 0 Å². The first-order valence-corrected chi connectivity index (χ1v) is 8.66. The number of hydrogen-bond acceptors (Lipinski definition) is 2. The highest BCUT2D eigenvalue weighted by atomic mass is 35.5. The number of fused-ring (bicyclic) bond motifs is 1. The normalized spacial score (nSPS) is 22.8. The van der Waals surface area contributed by atoms with E-state index < -0.39 is 0 Å². The zero-order valence-electron chi connectivity index (χ0n) is 13.0. The van der Waals surface area contributed by atoms with Gasteiger partial charge in [-0.05, 0) is 50.2 Å². The van der Waals surface area contributed by atoms with Crippen molar-refractivity contribution in [1.82, 2.24) is 14.5 Å². The fraction of sp³-hybridized carbons (Fsp3) is 0.647. The molecule has 0 unspecified atom stereocenters. The quantitative estimate of drug-likeness (QED) is 0.769. The Balaban J connectivity index is 2.00. The number of imidazole rings is 1. The van der Waals surface area contributed by atoms with E-state index >= 15 is 0 Å². The van der Waals surface area contributed by atoms with E-state index in [1.807, 2.05) is 12.3 Å². The Morgan fingerprint density at radius 2 is 2.05 bits per heavy atom. The average Bonchev–Trinajstić information content (AvgIpc) is 2.87. The molecule has 1 aliphatic rings. The van der Waals surface area contributed by atoms with Gasteiger partial charge in [0.15, 0.2) is 5.65 Å². The fourth-order valence-corrected chi connectivity index (χ4v) is 3.78. The largest absolute Gasteiger partial charge is 0.310 e. The third-order valence-corrected chi connectivity index (χ3v) is 5.12. The Hall–Kier alpha value is -1.09. The summed E-state index contributed by atoms with van der Waals surface area (Å²) in [4.78, 5) is 9.45. The fourth-order valence-electron chi connectivity index (χ4n) is 3.61. The number of alkyl halides is 1. The van der Waals surface area contributed by atoms with Crippen molar-refractivity contribution in [3.8, 4) is 0 Å². The van der Waals surface area contributed by atoms with Gasteiger partial charge in [-0.25, -0.2) is 9.97 Å². The van der Waals surface area contributed by atoms with Crippen LogP contribution in [0.25, 0.3) is 11.2 Å². The molecular weight excluding hydrogens is 282 g/mol. The molecule has 2 aromatic heterocycles. The van der Waals surface area contributed by atoms with Gasteiger partial charge in [-0.15, -0.1) is 11.6 Å². The third-order valence-electron chi connectivity index (χ3n) is 4.93. The van der Waals surface area contributed by atoms with Gasteiger partial charge in [0.2, 0.25) is 0 Å². The molecule has 1 aliphatic carbocycles. The van der Waals surface area contributed by atoms with E-state index in [0.29, 0.717) is 11.9 Å². The third kappa shape index (κ3) is 2.80. The van der Waals surface area contributed by atoms with Gasteiger partial charge in [-0.2, -0.15) is 0 Å². The second-order valence-electron chi connectivity index (χ2n) is 6.22. The maximum atomic E-state index is 5.99. The summed E-state index contributed by atoms with van der Waals surface area (Å²) < 4.78 is 2.39. The Kier molecular flexibility index (Phi) is 4.48. The maximum Gasteiger partial charge on any atom is 0.160 e. The first kappa shape index (κ1) is 14.8. The van der Waals surface area contributed by atoms with Crippen LogP contribution in [0, 0.1) is 12.8 Å². The van der Waals surface area contributed by atoms with Crippen molar-refractivity contribution in [1.29, 1.82) is 0 Å². The Morgan fingerprint density at radius 3 is 2.71 bits per heavy atom. The van der Waals surface area contributed by atoms with Gasteiger partial charge < -0.3 is 4.57 Å². The lowest BCUT2D eigenvalue weighted by Crippen LogP contribution is -2.20. The van der Waals surface area contributed by atoms with Crippen molar-refractivity contribution < 1.29 is 0 Å². The molecule has 2 aromatic rings. The van der Waals surface area contributed by atoms with E-state index in [2.05, 4.69) is 23.4 Å². The van der Waals surface area contributed by atoms with Crippen molar-refractivity contribution in [3.05, 3.63) is 23.7 Å². The maximum absolute atomic E-state index is 5.99. The van der Waals surface area contributed by atoms with Crippen LogP contribution in [0.15, 0.2) is 12.3 Å². The number of aromatic nitrogens is 3. The molecule has 0 radical (unpaired) electrons. The summed E-state index contributed by atoms with van der Waals surface area (Å²) in [6.45, 7) is 4.42. The van der Waals surface area contributed by atoms with E-state index in [-0.39, 0.29) is 0 Å². The van der Waals surface area contributed by atoms with E-state index in [1.54, 1.807) is 0 Å². The van der Waals surface area contributed by atoms with Crippen molar-refractivity contribution in [2.45, 2.75) is 58.4 Å². The molecule has 0 amide bonds. The molecule has 1 saturated carbocycles. The molecule has 0 atom stereocenters. The number of rotatable bonds is 4. The Labute approximate surface area is 131 Å². The zero-order valence-corrected chi connectivity index (χ0v) is 13.7. The molecule has 0 N–H and O–H groups in total. The number of pyridine rings is 1. The molecule has 0 bridgehead atoms. The smallest absolute Gasteiger partial charge is 0.160 e. The SMILES string of the molecule is CCC1CCC(n2c(CCCl)nc3c(C)ccnc32)CC1. The topological polar surface area (TPSA) is 30.7 Å². The summed E-state index contributed by atoms with van der Waals surface area (Å²) in [5.41, 5.74) is 3.31.